The van der Waals surface area contributed by atoms with Crippen molar-refractivity contribution >= 4 is 32.6 Å². The number of ether oxygens (including phenoxy) is 1. The minimum absolute atomic E-state index is 0.334. The molecule has 4 rings (SSSR count). The summed E-state index contributed by atoms with van der Waals surface area (Å²) in [6.45, 7) is 8.06. The summed E-state index contributed by atoms with van der Waals surface area (Å²) in [4.78, 5) is 4.29. The van der Waals surface area contributed by atoms with Crippen LogP contribution in [-0.2, 0) is 7.05 Å². The van der Waals surface area contributed by atoms with Gasteiger partial charge in [-0.25, -0.2) is 0 Å². The Kier molecular flexibility index (Phi) is 4.29. The molecular formula is C22H25N3O. The van der Waals surface area contributed by atoms with Crippen LogP contribution >= 0.6 is 0 Å². The Morgan fingerprint density at radius 1 is 1.15 bits per heavy atom. The van der Waals surface area contributed by atoms with E-state index in [2.05, 4.69) is 73.0 Å². The van der Waals surface area contributed by atoms with Crippen molar-refractivity contribution < 1.29 is 4.74 Å². The second-order valence-electron chi connectivity index (χ2n) is 7.00. The van der Waals surface area contributed by atoms with Crippen LogP contribution in [0.2, 0.25) is 0 Å². The number of hydrogen-bond acceptors (Lipinski definition) is 3. The molecule has 0 bridgehead atoms. The lowest BCUT2D eigenvalue weighted by atomic mass is 10.0. The molecule has 134 valence electrons. The zero-order valence-corrected chi connectivity index (χ0v) is 15.8. The van der Waals surface area contributed by atoms with Gasteiger partial charge >= 0.3 is 0 Å². The van der Waals surface area contributed by atoms with Gasteiger partial charge in [-0.15, -0.1) is 0 Å². The van der Waals surface area contributed by atoms with Gasteiger partial charge in [0.05, 0.1) is 5.52 Å². The second-order valence-corrected chi connectivity index (χ2v) is 7.00. The van der Waals surface area contributed by atoms with Crippen LogP contribution in [0.3, 0.4) is 0 Å². The number of aromatic nitrogens is 2. The molecule has 4 nitrogen and oxygen atoms in total. The van der Waals surface area contributed by atoms with Crippen LogP contribution in [0.25, 0.3) is 32.6 Å². The van der Waals surface area contributed by atoms with Crippen LogP contribution in [0.15, 0.2) is 42.7 Å². The van der Waals surface area contributed by atoms with Crippen molar-refractivity contribution in [2.75, 3.05) is 13.2 Å². The minimum Gasteiger partial charge on any atom is -0.492 e. The number of nitrogens with zero attached hydrogens (tertiary/aromatic N) is 2. The van der Waals surface area contributed by atoms with E-state index in [9.17, 15) is 0 Å². The molecule has 0 aliphatic carbocycles. The molecule has 26 heavy (non-hydrogen) atoms. The van der Waals surface area contributed by atoms with Gasteiger partial charge in [0.1, 0.15) is 12.4 Å². The third-order valence-corrected chi connectivity index (χ3v) is 5.17. The fourth-order valence-corrected chi connectivity index (χ4v) is 3.92. The molecule has 0 saturated heterocycles. The summed E-state index contributed by atoms with van der Waals surface area (Å²) in [5.41, 5.74) is 3.79. The summed E-state index contributed by atoms with van der Waals surface area (Å²) in [5, 5.41) is 8.30. The van der Waals surface area contributed by atoms with Crippen LogP contribution in [0, 0.1) is 6.92 Å². The Hall–Kier alpha value is -2.59. The quantitative estimate of drug-likeness (QED) is 0.575. The normalized spacial score (nSPS) is 12.9. The first-order valence-corrected chi connectivity index (χ1v) is 9.21. The second kappa shape index (κ2) is 6.61. The molecule has 4 aromatic rings. The first-order valence-electron chi connectivity index (χ1n) is 9.21. The van der Waals surface area contributed by atoms with E-state index in [0.717, 1.165) is 12.3 Å². The Labute approximate surface area is 153 Å². The van der Waals surface area contributed by atoms with Gasteiger partial charge in [-0.1, -0.05) is 6.92 Å². The fourth-order valence-electron chi connectivity index (χ4n) is 3.92. The number of aryl methyl sites for hydroxylation is 2. The zero-order chi connectivity index (χ0) is 18.3. The Morgan fingerprint density at radius 2 is 2.00 bits per heavy atom. The molecule has 0 spiro atoms. The highest BCUT2D eigenvalue weighted by atomic mass is 16.5. The highest BCUT2D eigenvalue weighted by Crippen LogP contribution is 2.36. The number of hydrogen-bond donors (Lipinski definition) is 1. The van der Waals surface area contributed by atoms with Gasteiger partial charge in [-0.05, 0) is 61.7 Å². The van der Waals surface area contributed by atoms with E-state index < -0.39 is 0 Å². The van der Waals surface area contributed by atoms with Crippen LogP contribution in [0.4, 0.5) is 0 Å². The largest absolute Gasteiger partial charge is 0.492 e. The first kappa shape index (κ1) is 16.9. The van der Waals surface area contributed by atoms with Crippen molar-refractivity contribution in [3.63, 3.8) is 0 Å². The Bertz CT molecular complexity index is 1100. The van der Waals surface area contributed by atoms with Crippen molar-refractivity contribution in [1.29, 1.82) is 0 Å². The van der Waals surface area contributed by atoms with E-state index >= 15 is 0 Å². The summed E-state index contributed by atoms with van der Waals surface area (Å²) in [7, 11) is 2.14. The van der Waals surface area contributed by atoms with Crippen molar-refractivity contribution in [3.8, 4) is 5.75 Å². The van der Waals surface area contributed by atoms with Gasteiger partial charge in [0, 0.05) is 47.2 Å². The Morgan fingerprint density at radius 3 is 2.81 bits per heavy atom. The van der Waals surface area contributed by atoms with Crippen molar-refractivity contribution in [2.45, 2.75) is 26.8 Å². The zero-order valence-electron chi connectivity index (χ0n) is 15.8. The average Bonchev–Trinajstić information content (AvgIpc) is 2.93. The predicted molar refractivity (Wildman–Crippen MR) is 109 cm³/mol. The third kappa shape index (κ3) is 2.71. The van der Waals surface area contributed by atoms with Crippen molar-refractivity contribution in [1.82, 2.24) is 14.9 Å². The van der Waals surface area contributed by atoms with Crippen LogP contribution in [0.1, 0.15) is 19.4 Å². The van der Waals surface area contributed by atoms with Gasteiger partial charge in [0.2, 0.25) is 0 Å². The van der Waals surface area contributed by atoms with Crippen LogP contribution in [-0.4, -0.2) is 28.7 Å². The lowest BCUT2D eigenvalue weighted by molar-refractivity contribution is 0.275. The highest BCUT2D eigenvalue weighted by Gasteiger charge is 2.14. The van der Waals surface area contributed by atoms with Gasteiger partial charge in [-0.2, -0.15) is 0 Å². The van der Waals surface area contributed by atoms with Gasteiger partial charge < -0.3 is 14.6 Å². The number of rotatable bonds is 5. The van der Waals surface area contributed by atoms with E-state index in [1.165, 1.54) is 38.1 Å². The molecule has 0 aliphatic rings. The molecule has 0 saturated carbocycles. The molecule has 4 heteroatoms. The van der Waals surface area contributed by atoms with Crippen LogP contribution < -0.4 is 10.1 Å². The smallest absolute Gasteiger partial charge is 0.120 e. The van der Waals surface area contributed by atoms with E-state index in [1.807, 2.05) is 12.4 Å². The number of benzene rings is 2. The van der Waals surface area contributed by atoms with Gasteiger partial charge in [-0.3, -0.25) is 4.98 Å². The molecule has 1 atom stereocenters. The monoisotopic (exact) mass is 347 g/mol. The number of likely N-dealkylation sites (N-methyl/N-ethyl adjacent to an activating group) is 1. The number of pyridine rings is 1. The number of fused-ring (bicyclic) bond motifs is 4. The fraction of sp³-hybridized carbons (Fsp3) is 0.318. The van der Waals surface area contributed by atoms with Crippen LogP contribution in [0.5, 0.6) is 5.75 Å². The molecule has 0 radical (unpaired) electrons. The summed E-state index contributed by atoms with van der Waals surface area (Å²) < 4.78 is 8.30. The van der Waals surface area contributed by atoms with E-state index in [4.69, 9.17) is 4.74 Å². The van der Waals surface area contributed by atoms with E-state index in [-0.39, 0.29) is 0 Å². The minimum atomic E-state index is 0.334. The first-order chi connectivity index (χ1) is 12.6. The molecule has 0 aliphatic heterocycles. The Balaban J connectivity index is 1.85. The molecule has 2 heterocycles. The molecule has 2 aromatic carbocycles. The third-order valence-electron chi connectivity index (χ3n) is 5.17. The molecule has 0 amide bonds. The molecule has 0 fully saturated rings. The maximum absolute atomic E-state index is 6.02. The average molecular weight is 347 g/mol. The maximum atomic E-state index is 6.02. The summed E-state index contributed by atoms with van der Waals surface area (Å²) >= 11 is 0. The predicted octanol–water partition coefficient (Wildman–Crippen LogP) is 4.56. The number of nitrogens with one attached hydrogen (secondary N) is 1. The SMILES string of the molecule is CCN[C@@H](C)COc1ccc2c(c1)c1cc3cnccc3c(C)c1n2C. The summed E-state index contributed by atoms with van der Waals surface area (Å²) in [6, 6.07) is 11.1. The standard InChI is InChI=1S/C22H25N3O/c1-5-24-14(2)13-26-17-6-7-21-19(11-17)20-10-16-12-23-9-8-18(16)15(3)22(20)25(21)4/h6-12,14,24H,5,13H2,1-4H3/t14-/m0/s1. The lowest BCUT2D eigenvalue weighted by Crippen LogP contribution is -2.31. The highest BCUT2D eigenvalue weighted by molar-refractivity contribution is 6.14. The summed E-state index contributed by atoms with van der Waals surface area (Å²) in [5.74, 6) is 0.915. The molecule has 0 unspecified atom stereocenters. The molecule has 2 aromatic heterocycles. The van der Waals surface area contributed by atoms with Gasteiger partial charge in [0.25, 0.3) is 0 Å². The molecule has 1 N–H and O–H groups in total. The van der Waals surface area contributed by atoms with E-state index in [0.29, 0.717) is 12.6 Å². The topological polar surface area (TPSA) is 39.1 Å². The van der Waals surface area contributed by atoms with Crippen molar-refractivity contribution in [3.05, 3.63) is 48.3 Å². The van der Waals surface area contributed by atoms with E-state index in [1.54, 1.807) is 0 Å². The van der Waals surface area contributed by atoms with Gasteiger partial charge in [0.15, 0.2) is 0 Å². The summed E-state index contributed by atoms with van der Waals surface area (Å²) in [6.07, 6.45) is 3.81. The molecular weight excluding hydrogens is 322 g/mol. The lowest BCUT2D eigenvalue weighted by Gasteiger charge is -2.13. The van der Waals surface area contributed by atoms with Crippen molar-refractivity contribution in [2.24, 2.45) is 7.05 Å². The maximum Gasteiger partial charge on any atom is 0.120 e.